The van der Waals surface area contributed by atoms with Crippen LogP contribution in [0.25, 0.3) is 0 Å². The molecule has 18 heavy (non-hydrogen) atoms. The number of ether oxygens (including phenoxy) is 1. The van der Waals surface area contributed by atoms with Crippen LogP contribution in [0.2, 0.25) is 0 Å². The van der Waals surface area contributed by atoms with E-state index in [-0.39, 0.29) is 0 Å². The maximum absolute atomic E-state index is 5.91. The maximum Gasteiger partial charge on any atom is 0.141 e. The zero-order valence-electron chi connectivity index (χ0n) is 10.9. The molecule has 0 amide bonds. The number of rotatable bonds is 4. The molecule has 0 radical (unpaired) electrons. The van der Waals surface area contributed by atoms with E-state index in [2.05, 4.69) is 17.1 Å². The Morgan fingerprint density at radius 2 is 2.22 bits per heavy atom. The molecule has 1 aromatic heterocycles. The van der Waals surface area contributed by atoms with E-state index >= 15 is 0 Å². The Balaban J connectivity index is 2.16. The van der Waals surface area contributed by atoms with Crippen LogP contribution >= 0.6 is 0 Å². The lowest BCUT2D eigenvalue weighted by molar-refractivity contribution is 0.416. The highest BCUT2D eigenvalue weighted by Crippen LogP contribution is 2.27. The van der Waals surface area contributed by atoms with Crippen LogP contribution in [-0.4, -0.2) is 21.9 Å². The van der Waals surface area contributed by atoms with E-state index in [1.54, 1.807) is 13.4 Å². The Labute approximate surface area is 107 Å². The van der Waals surface area contributed by atoms with Crippen LogP contribution in [0, 0.1) is 0 Å². The molecule has 0 spiro atoms. The van der Waals surface area contributed by atoms with E-state index in [0.29, 0.717) is 17.4 Å². The number of hydrogen-bond acceptors (Lipinski definition) is 4. The van der Waals surface area contributed by atoms with E-state index in [1.165, 1.54) is 5.56 Å². The summed E-state index contributed by atoms with van der Waals surface area (Å²) in [7, 11) is 3.57. The number of nitrogens with zero attached hydrogens (tertiary/aromatic N) is 3. The highest BCUT2D eigenvalue weighted by Gasteiger charge is 2.12. The van der Waals surface area contributed by atoms with Gasteiger partial charge in [0.15, 0.2) is 0 Å². The average molecular weight is 246 g/mol. The number of aryl methyl sites for hydroxylation is 1. The molecule has 0 aliphatic rings. The van der Waals surface area contributed by atoms with Crippen molar-refractivity contribution in [1.82, 2.24) is 14.8 Å². The summed E-state index contributed by atoms with van der Waals surface area (Å²) in [5.41, 5.74) is 7.76. The third kappa shape index (κ3) is 2.45. The predicted octanol–water partition coefficient (Wildman–Crippen LogP) is 1.75. The molecule has 0 aliphatic carbocycles. The molecular formula is C13H18N4O. The summed E-state index contributed by atoms with van der Waals surface area (Å²) in [6.07, 6.45) is 2.55. The third-order valence-corrected chi connectivity index (χ3v) is 3.12. The monoisotopic (exact) mass is 246 g/mol. The van der Waals surface area contributed by atoms with E-state index in [1.807, 2.05) is 29.8 Å². The molecule has 2 rings (SSSR count). The van der Waals surface area contributed by atoms with Gasteiger partial charge in [0.25, 0.3) is 0 Å². The highest BCUT2D eigenvalue weighted by atomic mass is 16.5. The Bertz CT molecular complexity index is 536. The van der Waals surface area contributed by atoms with Crippen LogP contribution in [0.3, 0.4) is 0 Å². The van der Waals surface area contributed by atoms with Crippen LogP contribution in [-0.2, 0) is 13.5 Å². The summed E-state index contributed by atoms with van der Waals surface area (Å²) in [6.45, 7) is 2.15. The standard InChI is InChI=1S/C13H18N4O/c1-9(6-13-16-15-8-17(13)2)10-4-5-12(18-3)11(14)7-10/h4-5,7-9H,6,14H2,1-3H3. The van der Waals surface area contributed by atoms with Gasteiger partial charge in [0, 0.05) is 13.5 Å². The van der Waals surface area contributed by atoms with E-state index < -0.39 is 0 Å². The zero-order chi connectivity index (χ0) is 13.1. The quantitative estimate of drug-likeness (QED) is 0.835. The van der Waals surface area contributed by atoms with Gasteiger partial charge >= 0.3 is 0 Å². The van der Waals surface area contributed by atoms with Crippen LogP contribution in [0.15, 0.2) is 24.5 Å². The number of nitrogens with two attached hydrogens (primary N) is 1. The molecule has 5 heteroatoms. The van der Waals surface area contributed by atoms with Crippen molar-refractivity contribution >= 4 is 5.69 Å². The largest absolute Gasteiger partial charge is 0.495 e. The van der Waals surface area contributed by atoms with Crippen molar-refractivity contribution in [1.29, 1.82) is 0 Å². The highest BCUT2D eigenvalue weighted by molar-refractivity contribution is 5.54. The number of hydrogen-bond donors (Lipinski definition) is 1. The first-order valence-electron chi connectivity index (χ1n) is 5.88. The van der Waals surface area contributed by atoms with E-state index in [9.17, 15) is 0 Å². The fourth-order valence-corrected chi connectivity index (χ4v) is 1.94. The van der Waals surface area contributed by atoms with Crippen LogP contribution in [0.4, 0.5) is 5.69 Å². The number of methoxy groups -OCH3 is 1. The fourth-order valence-electron chi connectivity index (χ4n) is 1.94. The van der Waals surface area contributed by atoms with Crippen LogP contribution in [0.1, 0.15) is 24.2 Å². The lowest BCUT2D eigenvalue weighted by Crippen LogP contribution is -2.05. The molecule has 2 aromatic rings. The van der Waals surface area contributed by atoms with Gasteiger partial charge in [-0.05, 0) is 23.6 Å². The minimum absolute atomic E-state index is 0.334. The predicted molar refractivity (Wildman–Crippen MR) is 70.5 cm³/mol. The van der Waals surface area contributed by atoms with Gasteiger partial charge in [0.05, 0.1) is 12.8 Å². The molecule has 1 heterocycles. The molecular weight excluding hydrogens is 228 g/mol. The SMILES string of the molecule is COc1ccc(C(C)Cc2nncn2C)cc1N. The summed E-state index contributed by atoms with van der Waals surface area (Å²) in [5, 5.41) is 7.98. The van der Waals surface area contributed by atoms with Gasteiger partial charge < -0.3 is 15.0 Å². The molecule has 0 bridgehead atoms. The van der Waals surface area contributed by atoms with Crippen molar-refractivity contribution in [3.05, 3.63) is 35.9 Å². The second-order valence-corrected chi connectivity index (χ2v) is 4.46. The molecule has 0 aliphatic heterocycles. The Morgan fingerprint density at radius 1 is 1.44 bits per heavy atom. The molecule has 5 nitrogen and oxygen atoms in total. The normalized spacial score (nSPS) is 12.4. The summed E-state index contributed by atoms with van der Waals surface area (Å²) in [4.78, 5) is 0. The van der Waals surface area contributed by atoms with Gasteiger partial charge in [-0.2, -0.15) is 0 Å². The lowest BCUT2D eigenvalue weighted by Gasteiger charge is -2.13. The van der Waals surface area contributed by atoms with Crippen molar-refractivity contribution in [3.63, 3.8) is 0 Å². The first-order chi connectivity index (χ1) is 8.61. The second-order valence-electron chi connectivity index (χ2n) is 4.46. The zero-order valence-corrected chi connectivity index (χ0v) is 10.9. The number of aromatic nitrogens is 3. The van der Waals surface area contributed by atoms with Crippen molar-refractivity contribution in [2.24, 2.45) is 7.05 Å². The van der Waals surface area contributed by atoms with Gasteiger partial charge in [0.2, 0.25) is 0 Å². The summed E-state index contributed by atoms with van der Waals surface area (Å²) < 4.78 is 7.09. The molecule has 1 unspecified atom stereocenters. The summed E-state index contributed by atoms with van der Waals surface area (Å²) in [6, 6.07) is 5.90. The van der Waals surface area contributed by atoms with Gasteiger partial charge in [0.1, 0.15) is 17.9 Å². The minimum Gasteiger partial charge on any atom is -0.495 e. The third-order valence-electron chi connectivity index (χ3n) is 3.12. The fraction of sp³-hybridized carbons (Fsp3) is 0.385. The minimum atomic E-state index is 0.334. The second kappa shape index (κ2) is 5.08. The maximum atomic E-state index is 5.91. The van der Waals surface area contributed by atoms with Crippen LogP contribution < -0.4 is 10.5 Å². The number of anilines is 1. The average Bonchev–Trinajstić information content (AvgIpc) is 2.75. The van der Waals surface area contributed by atoms with Gasteiger partial charge in [-0.15, -0.1) is 10.2 Å². The van der Waals surface area contributed by atoms with Gasteiger partial charge in [-0.1, -0.05) is 13.0 Å². The first-order valence-corrected chi connectivity index (χ1v) is 5.88. The lowest BCUT2D eigenvalue weighted by atomic mass is 9.97. The Morgan fingerprint density at radius 3 is 2.78 bits per heavy atom. The molecule has 96 valence electrons. The number of nitrogen functional groups attached to an aromatic ring is 1. The van der Waals surface area contributed by atoms with Crippen LogP contribution in [0.5, 0.6) is 5.75 Å². The van der Waals surface area contributed by atoms with E-state index in [0.717, 1.165) is 12.2 Å². The molecule has 0 fully saturated rings. The molecule has 1 atom stereocenters. The topological polar surface area (TPSA) is 66.0 Å². The van der Waals surface area contributed by atoms with E-state index in [4.69, 9.17) is 10.5 Å². The summed E-state index contributed by atoms with van der Waals surface area (Å²) in [5.74, 6) is 2.02. The van der Waals surface area contributed by atoms with Crippen molar-refractivity contribution in [2.75, 3.05) is 12.8 Å². The Kier molecular flexibility index (Phi) is 3.50. The van der Waals surface area contributed by atoms with Crippen molar-refractivity contribution in [3.8, 4) is 5.75 Å². The Hall–Kier alpha value is -2.04. The van der Waals surface area contributed by atoms with Gasteiger partial charge in [-0.3, -0.25) is 0 Å². The molecule has 0 saturated heterocycles. The smallest absolute Gasteiger partial charge is 0.141 e. The number of benzene rings is 1. The summed E-state index contributed by atoms with van der Waals surface area (Å²) >= 11 is 0. The molecule has 2 N–H and O–H groups in total. The molecule has 1 aromatic carbocycles. The van der Waals surface area contributed by atoms with Crippen molar-refractivity contribution < 1.29 is 4.74 Å². The van der Waals surface area contributed by atoms with Crippen molar-refractivity contribution in [2.45, 2.75) is 19.3 Å². The molecule has 0 saturated carbocycles. The van der Waals surface area contributed by atoms with Gasteiger partial charge in [-0.25, -0.2) is 0 Å². The first kappa shape index (κ1) is 12.4.